The molecular weight excluding hydrogens is 116 g/mol. The van der Waals surface area contributed by atoms with Crippen LogP contribution >= 0.6 is 0 Å². The van der Waals surface area contributed by atoms with Crippen LogP contribution in [0.2, 0.25) is 0 Å². The second kappa shape index (κ2) is 3.18. The molecule has 0 bridgehead atoms. The molecular formula is C7H13O2. The molecule has 0 spiro atoms. The van der Waals surface area contributed by atoms with E-state index in [1.54, 1.807) is 7.11 Å². The Labute approximate surface area is 56.2 Å². The van der Waals surface area contributed by atoms with Crippen molar-refractivity contribution in [2.24, 2.45) is 5.92 Å². The van der Waals surface area contributed by atoms with E-state index in [-0.39, 0.29) is 6.29 Å². The first kappa shape index (κ1) is 7.03. The maximum Gasteiger partial charge on any atom is 0.157 e. The van der Waals surface area contributed by atoms with Crippen molar-refractivity contribution in [3.63, 3.8) is 0 Å². The zero-order valence-electron chi connectivity index (χ0n) is 5.96. The number of rotatable bonds is 1. The fraction of sp³-hybridized carbons (Fsp3) is 0.857. The highest BCUT2D eigenvalue weighted by molar-refractivity contribution is 4.69. The SMILES string of the molecule is COC1CCC(C)[CH]O1. The van der Waals surface area contributed by atoms with Gasteiger partial charge in [-0.05, 0) is 18.8 Å². The molecule has 2 nitrogen and oxygen atoms in total. The maximum absolute atomic E-state index is 5.19. The summed E-state index contributed by atoms with van der Waals surface area (Å²) in [6.07, 6.45) is 2.22. The minimum Gasteiger partial charge on any atom is -0.356 e. The van der Waals surface area contributed by atoms with Crippen molar-refractivity contribution in [1.29, 1.82) is 0 Å². The molecule has 1 aliphatic rings. The molecule has 2 heteroatoms. The molecule has 1 heterocycles. The summed E-state index contributed by atoms with van der Waals surface area (Å²) in [5, 5.41) is 0. The van der Waals surface area contributed by atoms with Crippen LogP contribution in [0.1, 0.15) is 19.8 Å². The van der Waals surface area contributed by atoms with Crippen LogP contribution in [0.5, 0.6) is 0 Å². The number of hydrogen-bond acceptors (Lipinski definition) is 2. The van der Waals surface area contributed by atoms with E-state index in [0.717, 1.165) is 6.42 Å². The molecule has 9 heavy (non-hydrogen) atoms. The van der Waals surface area contributed by atoms with Gasteiger partial charge in [-0.15, -0.1) is 0 Å². The molecule has 0 saturated carbocycles. The smallest absolute Gasteiger partial charge is 0.157 e. The van der Waals surface area contributed by atoms with Crippen molar-refractivity contribution in [3.8, 4) is 0 Å². The molecule has 0 amide bonds. The molecule has 53 valence electrons. The van der Waals surface area contributed by atoms with Crippen LogP contribution in [0.15, 0.2) is 0 Å². The van der Waals surface area contributed by atoms with Crippen LogP contribution in [-0.4, -0.2) is 13.4 Å². The molecule has 1 saturated heterocycles. The van der Waals surface area contributed by atoms with Gasteiger partial charge in [0.2, 0.25) is 0 Å². The lowest BCUT2D eigenvalue weighted by atomic mass is 10.0. The summed E-state index contributed by atoms with van der Waals surface area (Å²) >= 11 is 0. The zero-order valence-corrected chi connectivity index (χ0v) is 5.96. The first-order valence-corrected chi connectivity index (χ1v) is 3.34. The number of methoxy groups -OCH3 is 1. The molecule has 2 unspecified atom stereocenters. The Kier molecular flexibility index (Phi) is 2.49. The summed E-state index contributed by atoms with van der Waals surface area (Å²) in [5.41, 5.74) is 0. The fourth-order valence-electron chi connectivity index (χ4n) is 0.930. The molecule has 1 rings (SSSR count). The van der Waals surface area contributed by atoms with Crippen LogP contribution in [-0.2, 0) is 9.47 Å². The predicted octanol–water partition coefficient (Wildman–Crippen LogP) is 1.57. The molecule has 2 atom stereocenters. The standard InChI is InChI=1S/C7H13O2/c1-6-3-4-7(8-2)9-5-6/h5-7H,3-4H2,1-2H3. The van der Waals surface area contributed by atoms with Gasteiger partial charge in [0.05, 0.1) is 6.61 Å². The molecule has 0 aromatic rings. The third-order valence-electron chi connectivity index (χ3n) is 1.58. The van der Waals surface area contributed by atoms with Gasteiger partial charge in [-0.25, -0.2) is 0 Å². The number of ether oxygens (including phenoxy) is 2. The van der Waals surface area contributed by atoms with Crippen molar-refractivity contribution in [2.45, 2.75) is 26.1 Å². The van der Waals surface area contributed by atoms with Gasteiger partial charge in [0.1, 0.15) is 0 Å². The Balaban J connectivity index is 2.18. The van der Waals surface area contributed by atoms with E-state index in [9.17, 15) is 0 Å². The normalized spacial score (nSPS) is 36.7. The van der Waals surface area contributed by atoms with Crippen molar-refractivity contribution >= 4 is 0 Å². The lowest BCUT2D eigenvalue weighted by Gasteiger charge is -2.24. The van der Waals surface area contributed by atoms with Crippen molar-refractivity contribution in [2.75, 3.05) is 7.11 Å². The summed E-state index contributed by atoms with van der Waals surface area (Å²) in [5.74, 6) is 0.594. The van der Waals surface area contributed by atoms with Gasteiger partial charge in [0.15, 0.2) is 6.29 Å². The zero-order chi connectivity index (χ0) is 6.69. The third kappa shape index (κ3) is 1.95. The Hall–Kier alpha value is -0.0800. The average molecular weight is 129 g/mol. The Morgan fingerprint density at radius 3 is 2.78 bits per heavy atom. The van der Waals surface area contributed by atoms with Gasteiger partial charge < -0.3 is 9.47 Å². The van der Waals surface area contributed by atoms with Gasteiger partial charge in [-0.3, -0.25) is 0 Å². The average Bonchev–Trinajstić information content (AvgIpc) is 1.90. The monoisotopic (exact) mass is 129 g/mol. The van der Waals surface area contributed by atoms with E-state index in [4.69, 9.17) is 9.47 Å². The highest BCUT2D eigenvalue weighted by Crippen LogP contribution is 2.21. The molecule has 1 radical (unpaired) electrons. The lowest BCUT2D eigenvalue weighted by Crippen LogP contribution is -2.22. The van der Waals surface area contributed by atoms with Crippen LogP contribution in [0.3, 0.4) is 0 Å². The predicted molar refractivity (Wildman–Crippen MR) is 34.6 cm³/mol. The fourth-order valence-corrected chi connectivity index (χ4v) is 0.930. The summed E-state index contributed by atoms with van der Waals surface area (Å²) in [6.45, 7) is 4.00. The summed E-state index contributed by atoms with van der Waals surface area (Å²) < 4.78 is 10.2. The van der Waals surface area contributed by atoms with Gasteiger partial charge >= 0.3 is 0 Å². The Morgan fingerprint density at radius 2 is 2.33 bits per heavy atom. The Bertz CT molecular complexity index is 75.0. The van der Waals surface area contributed by atoms with Gasteiger partial charge in [0, 0.05) is 7.11 Å². The van der Waals surface area contributed by atoms with E-state index in [0.29, 0.717) is 5.92 Å². The van der Waals surface area contributed by atoms with Crippen LogP contribution in [0, 0.1) is 12.5 Å². The van der Waals surface area contributed by atoms with Crippen LogP contribution in [0.4, 0.5) is 0 Å². The highest BCUT2D eigenvalue weighted by atomic mass is 16.7. The van der Waals surface area contributed by atoms with Crippen molar-refractivity contribution in [3.05, 3.63) is 6.61 Å². The van der Waals surface area contributed by atoms with Gasteiger partial charge in [-0.1, -0.05) is 6.92 Å². The van der Waals surface area contributed by atoms with E-state index >= 15 is 0 Å². The van der Waals surface area contributed by atoms with Gasteiger partial charge in [-0.2, -0.15) is 0 Å². The van der Waals surface area contributed by atoms with E-state index in [1.165, 1.54) is 6.42 Å². The topological polar surface area (TPSA) is 18.5 Å². The second-order valence-corrected chi connectivity index (χ2v) is 2.49. The van der Waals surface area contributed by atoms with Crippen LogP contribution < -0.4 is 0 Å². The minimum absolute atomic E-state index is 0.0150. The van der Waals surface area contributed by atoms with Crippen molar-refractivity contribution < 1.29 is 9.47 Å². The number of hydrogen-bond donors (Lipinski definition) is 0. The first-order valence-electron chi connectivity index (χ1n) is 3.34. The van der Waals surface area contributed by atoms with Gasteiger partial charge in [0.25, 0.3) is 0 Å². The molecule has 0 aromatic heterocycles. The summed E-state index contributed by atoms with van der Waals surface area (Å²) in [4.78, 5) is 0. The minimum atomic E-state index is 0.0150. The van der Waals surface area contributed by atoms with E-state index in [2.05, 4.69) is 6.92 Å². The Morgan fingerprint density at radius 1 is 1.56 bits per heavy atom. The molecule has 1 aliphatic heterocycles. The van der Waals surface area contributed by atoms with E-state index in [1.807, 2.05) is 6.61 Å². The summed E-state index contributed by atoms with van der Waals surface area (Å²) in [7, 11) is 1.68. The quantitative estimate of drug-likeness (QED) is 0.535. The second-order valence-electron chi connectivity index (χ2n) is 2.49. The molecule has 1 fully saturated rings. The first-order chi connectivity index (χ1) is 4.33. The third-order valence-corrected chi connectivity index (χ3v) is 1.58. The molecule has 0 aliphatic carbocycles. The van der Waals surface area contributed by atoms with Crippen molar-refractivity contribution in [1.82, 2.24) is 0 Å². The summed E-state index contributed by atoms with van der Waals surface area (Å²) in [6, 6.07) is 0. The van der Waals surface area contributed by atoms with Crippen LogP contribution in [0.25, 0.3) is 0 Å². The van der Waals surface area contributed by atoms with E-state index < -0.39 is 0 Å². The lowest BCUT2D eigenvalue weighted by molar-refractivity contribution is -0.130. The maximum atomic E-state index is 5.19. The molecule has 0 N–H and O–H groups in total. The molecule has 0 aromatic carbocycles. The largest absolute Gasteiger partial charge is 0.356 e. The highest BCUT2D eigenvalue weighted by Gasteiger charge is 2.17.